The number of nitrogens with one attached hydrogen (secondary N) is 3. The molecule has 0 spiro atoms. The summed E-state index contributed by atoms with van der Waals surface area (Å²) in [5, 5.41) is 27.4. The number of carboxylic acid groups (broad SMARTS) is 1. The van der Waals surface area contributed by atoms with Crippen molar-refractivity contribution in [3.8, 4) is 16.9 Å². The third-order valence-corrected chi connectivity index (χ3v) is 8.65. The number of fused-ring (bicyclic) bond motifs is 1. The first-order valence-corrected chi connectivity index (χ1v) is 17.2. The second-order valence-electron chi connectivity index (χ2n) is 12.4. The number of imidazole rings is 1. The Bertz CT molecular complexity index is 1880. The van der Waals surface area contributed by atoms with E-state index in [0.717, 1.165) is 47.4 Å². The van der Waals surface area contributed by atoms with Crippen LogP contribution in [0.1, 0.15) is 78.0 Å². The normalized spacial score (nSPS) is 12.0. The van der Waals surface area contributed by atoms with Crippen LogP contribution in [-0.2, 0) is 19.4 Å². The second-order valence-corrected chi connectivity index (χ2v) is 12.7. The maximum atomic E-state index is 13.2. The number of hydrogen-bond donors (Lipinski definition) is 5. The molecular weight excluding hydrogens is 642 g/mol. The number of carbonyl (C=O) groups excluding carboxylic acids is 1. The molecule has 0 saturated carbocycles. The van der Waals surface area contributed by atoms with E-state index in [0.29, 0.717) is 66.1 Å². The van der Waals surface area contributed by atoms with Gasteiger partial charge in [0.1, 0.15) is 17.3 Å². The summed E-state index contributed by atoms with van der Waals surface area (Å²) in [6.07, 6.45) is 2.67. The average molecular weight is 686 g/mol. The molecule has 0 aliphatic heterocycles. The minimum atomic E-state index is -0.979. The van der Waals surface area contributed by atoms with Crippen LogP contribution >= 0.6 is 11.6 Å². The Balaban J connectivity index is 1.27. The summed E-state index contributed by atoms with van der Waals surface area (Å²) in [6.45, 7) is 7.71. The van der Waals surface area contributed by atoms with E-state index in [1.807, 2.05) is 62.4 Å². The molecule has 0 saturated heterocycles. The molecule has 1 atom stereocenters. The maximum absolute atomic E-state index is 13.2. The first-order chi connectivity index (χ1) is 23.6. The lowest BCUT2D eigenvalue weighted by Crippen LogP contribution is -2.28. The Morgan fingerprint density at radius 3 is 2.53 bits per heavy atom. The first kappa shape index (κ1) is 35.7. The quantitative estimate of drug-likeness (QED) is 0.0676. The number of carbonyl (C=O) groups is 2. The Kier molecular flexibility index (Phi) is 12.1. The number of ether oxygens (including phenoxy) is 1. The molecule has 2 heterocycles. The monoisotopic (exact) mass is 685 g/mol. The summed E-state index contributed by atoms with van der Waals surface area (Å²) >= 11 is 6.69. The van der Waals surface area contributed by atoms with Crippen molar-refractivity contribution in [1.29, 1.82) is 0 Å². The number of H-pyrrole nitrogens is 1. The van der Waals surface area contributed by atoms with Crippen molar-refractivity contribution in [3.05, 3.63) is 106 Å². The van der Waals surface area contributed by atoms with Gasteiger partial charge in [-0.15, -0.1) is 0 Å². The summed E-state index contributed by atoms with van der Waals surface area (Å²) in [5.41, 5.74) is 4.72. The Morgan fingerprint density at radius 2 is 1.80 bits per heavy atom. The number of aryl methyl sites for hydroxylation is 1. The number of amides is 1. The zero-order chi connectivity index (χ0) is 34.9. The highest BCUT2D eigenvalue weighted by molar-refractivity contribution is 6.30. The van der Waals surface area contributed by atoms with Gasteiger partial charge in [0.2, 0.25) is 0 Å². The minimum Gasteiger partial charge on any atom is -0.478 e. The third-order valence-electron chi connectivity index (χ3n) is 8.34. The number of aromatic carboxylic acids is 1. The molecule has 0 radical (unpaired) electrons. The van der Waals surface area contributed by atoms with Crippen LogP contribution in [0.4, 0.5) is 0 Å². The fraction of sp³-hybridized carbons (Fsp3) is 0.342. The Morgan fingerprint density at radius 1 is 1.02 bits per heavy atom. The molecule has 1 unspecified atom stereocenters. The number of unbranched alkanes of at least 4 members (excludes halogenated alkanes) is 1. The molecule has 10 nitrogen and oxygen atoms in total. The molecule has 3 aromatic carbocycles. The molecule has 2 aromatic heterocycles. The molecule has 5 aromatic rings. The molecule has 0 aliphatic rings. The van der Waals surface area contributed by atoms with E-state index in [9.17, 15) is 19.8 Å². The number of hydrogen-bond acceptors (Lipinski definition) is 6. The van der Waals surface area contributed by atoms with Crippen LogP contribution in [0.5, 0.6) is 5.75 Å². The number of carboxylic acids is 1. The first-order valence-electron chi connectivity index (χ1n) is 16.8. The van der Waals surface area contributed by atoms with Crippen molar-refractivity contribution in [2.75, 3.05) is 13.1 Å². The Labute approximate surface area is 291 Å². The molecule has 11 heteroatoms. The molecule has 0 fully saturated rings. The molecule has 0 bridgehead atoms. The van der Waals surface area contributed by atoms with Crippen LogP contribution in [0.25, 0.3) is 22.0 Å². The third kappa shape index (κ3) is 9.08. The molecular formula is C38H44ClN5O5. The number of halogens is 1. The van der Waals surface area contributed by atoms with Crippen molar-refractivity contribution in [2.45, 2.75) is 71.8 Å². The van der Waals surface area contributed by atoms with Gasteiger partial charge in [-0.1, -0.05) is 87.3 Å². The fourth-order valence-electron chi connectivity index (χ4n) is 5.79. The summed E-state index contributed by atoms with van der Waals surface area (Å²) < 4.78 is 7.93. The van der Waals surface area contributed by atoms with Gasteiger partial charge in [0.25, 0.3) is 5.91 Å². The number of aliphatic hydroxyl groups excluding tert-OH is 1. The maximum Gasteiger partial charge on any atom is 0.336 e. The van der Waals surface area contributed by atoms with E-state index < -0.39 is 12.3 Å². The lowest BCUT2D eigenvalue weighted by atomic mass is 9.98. The average Bonchev–Trinajstić information content (AvgIpc) is 3.65. The van der Waals surface area contributed by atoms with Crippen LogP contribution in [-0.4, -0.2) is 62.0 Å². The predicted octanol–water partition coefficient (Wildman–Crippen LogP) is 6.83. The highest BCUT2D eigenvalue weighted by atomic mass is 35.5. The second kappa shape index (κ2) is 16.6. The zero-order valence-electron chi connectivity index (χ0n) is 28.1. The molecule has 1 amide bonds. The van der Waals surface area contributed by atoms with Crippen LogP contribution in [0.2, 0.25) is 5.15 Å². The van der Waals surface area contributed by atoms with Gasteiger partial charge in [-0.05, 0) is 47.4 Å². The number of benzene rings is 3. The van der Waals surface area contributed by atoms with Crippen molar-refractivity contribution < 1.29 is 24.5 Å². The van der Waals surface area contributed by atoms with Gasteiger partial charge < -0.3 is 35.1 Å². The van der Waals surface area contributed by atoms with Crippen molar-refractivity contribution in [3.63, 3.8) is 0 Å². The number of nitrogens with zero attached hydrogens (tertiary/aromatic N) is 2. The van der Waals surface area contributed by atoms with Gasteiger partial charge in [-0.25, -0.2) is 9.78 Å². The summed E-state index contributed by atoms with van der Waals surface area (Å²) in [4.78, 5) is 32.8. The van der Waals surface area contributed by atoms with E-state index in [-0.39, 0.29) is 11.5 Å². The van der Waals surface area contributed by atoms with Gasteiger partial charge in [0, 0.05) is 55.8 Å². The van der Waals surface area contributed by atoms with Gasteiger partial charge >= 0.3 is 5.97 Å². The SMILES string of the molecule is CCCCc1nc(Cl)c(CCNC(=O)c2cc3c(OC(O)CCNC(C)C)cccc3[nH]2)n1Cc1ccc(-c2ccccc2C(=O)O)cc1. The van der Waals surface area contributed by atoms with Crippen LogP contribution in [0, 0.1) is 0 Å². The largest absolute Gasteiger partial charge is 0.478 e. The predicted molar refractivity (Wildman–Crippen MR) is 193 cm³/mol. The van der Waals surface area contributed by atoms with E-state index in [4.69, 9.17) is 21.3 Å². The van der Waals surface area contributed by atoms with Gasteiger partial charge in [-0.3, -0.25) is 4.79 Å². The van der Waals surface area contributed by atoms with E-state index in [1.165, 1.54) is 0 Å². The van der Waals surface area contributed by atoms with Crippen LogP contribution in [0.3, 0.4) is 0 Å². The number of aromatic amines is 1. The Hall–Kier alpha value is -4.64. The molecule has 49 heavy (non-hydrogen) atoms. The topological polar surface area (TPSA) is 142 Å². The van der Waals surface area contributed by atoms with E-state index >= 15 is 0 Å². The summed E-state index contributed by atoms with van der Waals surface area (Å²) in [6, 6.07) is 22.3. The lowest BCUT2D eigenvalue weighted by Gasteiger charge is -2.15. The van der Waals surface area contributed by atoms with Gasteiger partial charge in [0.05, 0.1) is 11.3 Å². The standard InChI is InChI=1S/C38H44ClN5O5/c1-4-5-13-34-43-36(39)32(44(34)23-25-14-16-26(17-15-25)27-9-6-7-10-28(27)38(47)48)18-20-41-37(46)31-22-29-30(42-31)11-8-12-33(29)49-35(45)19-21-40-24(2)3/h6-12,14-17,22,24,35,40,42,45H,4-5,13,18-21,23H2,1-3H3,(H,41,46)(H,47,48). The minimum absolute atomic E-state index is 0.258. The lowest BCUT2D eigenvalue weighted by molar-refractivity contribution is -0.0215. The van der Waals surface area contributed by atoms with Crippen molar-refractivity contribution in [2.24, 2.45) is 0 Å². The van der Waals surface area contributed by atoms with Crippen LogP contribution < -0.4 is 15.4 Å². The van der Waals surface area contributed by atoms with Gasteiger partial charge in [0.15, 0.2) is 11.4 Å². The highest BCUT2D eigenvalue weighted by Crippen LogP contribution is 2.28. The number of aliphatic hydroxyl groups is 1. The van der Waals surface area contributed by atoms with Crippen molar-refractivity contribution >= 4 is 34.4 Å². The number of aromatic nitrogens is 3. The summed E-state index contributed by atoms with van der Waals surface area (Å²) in [5.74, 6) is 0.154. The molecule has 0 aliphatic carbocycles. The molecule has 5 rings (SSSR count). The fourth-order valence-corrected chi connectivity index (χ4v) is 6.09. The molecule has 258 valence electrons. The summed E-state index contributed by atoms with van der Waals surface area (Å²) in [7, 11) is 0. The van der Waals surface area contributed by atoms with E-state index in [1.54, 1.807) is 24.3 Å². The molecule has 5 N–H and O–H groups in total. The van der Waals surface area contributed by atoms with Gasteiger partial charge in [-0.2, -0.15) is 0 Å². The smallest absolute Gasteiger partial charge is 0.336 e. The zero-order valence-corrected chi connectivity index (χ0v) is 28.9. The number of rotatable bonds is 17. The van der Waals surface area contributed by atoms with Crippen molar-refractivity contribution in [1.82, 2.24) is 25.2 Å². The van der Waals surface area contributed by atoms with Crippen LogP contribution in [0.15, 0.2) is 72.8 Å². The van der Waals surface area contributed by atoms with E-state index in [2.05, 4.69) is 27.1 Å². The highest BCUT2D eigenvalue weighted by Gasteiger charge is 2.19.